The molecule has 0 aromatic heterocycles. The summed E-state index contributed by atoms with van der Waals surface area (Å²) in [6.07, 6.45) is -4.74. The number of anilines is 1. The second kappa shape index (κ2) is 6.34. The number of halogens is 4. The molecule has 0 radical (unpaired) electrons. The van der Waals surface area contributed by atoms with E-state index in [1.807, 2.05) is 0 Å². The number of carbonyl (C=O) groups excluding carboxylic acids is 1. The van der Waals surface area contributed by atoms with Gasteiger partial charge in [-0.2, -0.15) is 0 Å². The van der Waals surface area contributed by atoms with Gasteiger partial charge in [0.1, 0.15) is 11.8 Å². The number of rotatable bonds is 4. The van der Waals surface area contributed by atoms with Crippen LogP contribution in [-0.2, 0) is 4.79 Å². The molecule has 20 heavy (non-hydrogen) atoms. The first-order valence-corrected chi connectivity index (χ1v) is 6.42. The molecule has 112 valence electrons. The Morgan fingerprint density at radius 1 is 1.40 bits per heavy atom. The summed E-state index contributed by atoms with van der Waals surface area (Å²) < 4.78 is 40.3. The third-order valence-electron chi connectivity index (χ3n) is 2.35. The molecule has 1 N–H and O–H groups in total. The number of alkyl halides is 3. The fourth-order valence-corrected chi connectivity index (χ4v) is 1.96. The van der Waals surface area contributed by atoms with Gasteiger partial charge in [0.25, 0.3) is 0 Å². The van der Waals surface area contributed by atoms with Crippen molar-refractivity contribution in [1.82, 2.24) is 4.90 Å². The van der Waals surface area contributed by atoms with Gasteiger partial charge in [0.15, 0.2) is 0 Å². The fraction of sp³-hybridized carbons (Fsp3) is 0.417. The first kappa shape index (κ1) is 16.6. The standard InChI is InChI=1S/C12H14BrF3N2O2/c1-7(11(19)18(2)3)17-8-4-5-10(9(13)6-8)20-12(14,15)16/h4-7,17H,1-3H3. The molecule has 1 amide bonds. The van der Waals surface area contributed by atoms with Gasteiger partial charge in [0.05, 0.1) is 4.47 Å². The van der Waals surface area contributed by atoms with Crippen molar-refractivity contribution in [3.63, 3.8) is 0 Å². The molecule has 0 spiro atoms. The van der Waals surface area contributed by atoms with Crippen LogP contribution in [0.15, 0.2) is 22.7 Å². The van der Waals surface area contributed by atoms with E-state index < -0.39 is 12.4 Å². The molecule has 0 saturated heterocycles. The number of benzene rings is 1. The lowest BCUT2D eigenvalue weighted by Gasteiger charge is -2.19. The Labute approximate surface area is 123 Å². The van der Waals surface area contributed by atoms with Crippen LogP contribution in [0.4, 0.5) is 18.9 Å². The summed E-state index contributed by atoms with van der Waals surface area (Å²) in [5.74, 6) is -0.480. The summed E-state index contributed by atoms with van der Waals surface area (Å²) in [6, 6.07) is 3.50. The lowest BCUT2D eigenvalue weighted by Crippen LogP contribution is -2.36. The average Bonchev–Trinajstić information content (AvgIpc) is 2.30. The van der Waals surface area contributed by atoms with E-state index in [-0.39, 0.29) is 16.1 Å². The van der Waals surface area contributed by atoms with Crippen LogP contribution in [0.3, 0.4) is 0 Å². The molecule has 0 aliphatic rings. The van der Waals surface area contributed by atoms with E-state index in [1.54, 1.807) is 21.0 Å². The Balaban J connectivity index is 2.80. The minimum absolute atomic E-state index is 0.142. The minimum Gasteiger partial charge on any atom is -0.405 e. The van der Waals surface area contributed by atoms with Crippen LogP contribution in [0.5, 0.6) is 5.75 Å². The van der Waals surface area contributed by atoms with Crippen molar-refractivity contribution < 1.29 is 22.7 Å². The summed E-state index contributed by atoms with van der Waals surface area (Å²) in [6.45, 7) is 1.66. The van der Waals surface area contributed by atoms with Crippen LogP contribution >= 0.6 is 15.9 Å². The Morgan fingerprint density at radius 3 is 2.45 bits per heavy atom. The second-order valence-electron chi connectivity index (χ2n) is 4.29. The van der Waals surface area contributed by atoms with E-state index in [0.717, 1.165) is 0 Å². The predicted molar refractivity (Wildman–Crippen MR) is 72.6 cm³/mol. The van der Waals surface area contributed by atoms with Crippen molar-refractivity contribution in [2.75, 3.05) is 19.4 Å². The SMILES string of the molecule is CC(Nc1ccc(OC(F)(F)F)c(Br)c1)C(=O)N(C)C. The Kier molecular flexibility index (Phi) is 5.27. The number of ether oxygens (including phenoxy) is 1. The first-order chi connectivity index (χ1) is 9.10. The molecule has 0 heterocycles. The molecule has 1 rings (SSSR count). The molecular weight excluding hydrogens is 341 g/mol. The molecule has 1 aromatic rings. The van der Waals surface area contributed by atoms with Crippen LogP contribution in [0.2, 0.25) is 0 Å². The van der Waals surface area contributed by atoms with Crippen molar-refractivity contribution in [3.05, 3.63) is 22.7 Å². The molecule has 1 atom stereocenters. The Bertz CT molecular complexity index is 492. The number of hydrogen-bond donors (Lipinski definition) is 1. The smallest absolute Gasteiger partial charge is 0.405 e. The normalized spacial score (nSPS) is 12.8. The van der Waals surface area contributed by atoms with E-state index in [9.17, 15) is 18.0 Å². The zero-order chi connectivity index (χ0) is 15.5. The highest BCUT2D eigenvalue weighted by atomic mass is 79.9. The van der Waals surface area contributed by atoms with E-state index in [0.29, 0.717) is 5.69 Å². The largest absolute Gasteiger partial charge is 0.573 e. The van der Waals surface area contributed by atoms with Crippen LogP contribution in [0.1, 0.15) is 6.92 Å². The van der Waals surface area contributed by atoms with Gasteiger partial charge in [0.2, 0.25) is 5.91 Å². The van der Waals surface area contributed by atoms with E-state index in [2.05, 4.69) is 26.0 Å². The maximum Gasteiger partial charge on any atom is 0.573 e. The maximum absolute atomic E-state index is 12.1. The maximum atomic E-state index is 12.1. The fourth-order valence-electron chi connectivity index (χ4n) is 1.50. The molecule has 1 unspecified atom stereocenters. The van der Waals surface area contributed by atoms with Gasteiger partial charge in [-0.25, -0.2) is 0 Å². The van der Waals surface area contributed by atoms with Gasteiger partial charge < -0.3 is 15.0 Å². The third-order valence-corrected chi connectivity index (χ3v) is 2.97. The zero-order valence-corrected chi connectivity index (χ0v) is 12.7. The first-order valence-electron chi connectivity index (χ1n) is 5.63. The van der Waals surface area contributed by atoms with E-state index in [4.69, 9.17) is 0 Å². The number of nitrogens with one attached hydrogen (secondary N) is 1. The molecule has 0 bridgehead atoms. The summed E-state index contributed by atoms with van der Waals surface area (Å²) in [7, 11) is 3.24. The minimum atomic E-state index is -4.74. The van der Waals surface area contributed by atoms with E-state index in [1.165, 1.54) is 23.1 Å². The van der Waals surface area contributed by atoms with Crippen molar-refractivity contribution in [1.29, 1.82) is 0 Å². The Morgan fingerprint density at radius 2 is 2.00 bits per heavy atom. The number of hydrogen-bond acceptors (Lipinski definition) is 3. The van der Waals surface area contributed by atoms with Crippen LogP contribution < -0.4 is 10.1 Å². The molecule has 0 saturated carbocycles. The molecular formula is C12H14BrF3N2O2. The van der Waals surface area contributed by atoms with Gasteiger partial charge in [-0.3, -0.25) is 4.79 Å². The second-order valence-corrected chi connectivity index (χ2v) is 5.15. The summed E-state index contributed by atoms with van der Waals surface area (Å²) in [5, 5.41) is 2.90. The van der Waals surface area contributed by atoms with Crippen molar-refractivity contribution in [2.45, 2.75) is 19.3 Å². The number of nitrogens with zero attached hydrogens (tertiary/aromatic N) is 1. The average molecular weight is 355 g/mol. The topological polar surface area (TPSA) is 41.6 Å². The van der Waals surface area contributed by atoms with Gasteiger partial charge in [-0.1, -0.05) is 0 Å². The number of likely N-dealkylation sites (N-methyl/N-ethyl adjacent to an activating group) is 1. The van der Waals surface area contributed by atoms with Gasteiger partial charge in [-0.05, 0) is 41.1 Å². The molecule has 8 heteroatoms. The van der Waals surface area contributed by atoms with E-state index >= 15 is 0 Å². The van der Waals surface area contributed by atoms with Crippen molar-refractivity contribution in [2.24, 2.45) is 0 Å². The molecule has 1 aromatic carbocycles. The highest BCUT2D eigenvalue weighted by molar-refractivity contribution is 9.10. The molecule has 0 aliphatic carbocycles. The Hall–Kier alpha value is -1.44. The number of amides is 1. The molecule has 4 nitrogen and oxygen atoms in total. The highest BCUT2D eigenvalue weighted by Crippen LogP contribution is 2.32. The molecule has 0 fully saturated rings. The zero-order valence-electron chi connectivity index (χ0n) is 11.1. The van der Waals surface area contributed by atoms with Crippen LogP contribution in [-0.4, -0.2) is 37.3 Å². The lowest BCUT2D eigenvalue weighted by molar-refractivity contribution is -0.274. The van der Waals surface area contributed by atoms with Gasteiger partial charge in [-0.15, -0.1) is 13.2 Å². The monoisotopic (exact) mass is 354 g/mol. The van der Waals surface area contributed by atoms with Gasteiger partial charge in [0, 0.05) is 19.8 Å². The van der Waals surface area contributed by atoms with Crippen molar-refractivity contribution >= 4 is 27.5 Å². The van der Waals surface area contributed by atoms with Gasteiger partial charge >= 0.3 is 6.36 Å². The predicted octanol–water partition coefficient (Wildman–Crippen LogP) is 3.24. The van der Waals surface area contributed by atoms with Crippen LogP contribution in [0.25, 0.3) is 0 Å². The lowest BCUT2D eigenvalue weighted by atomic mass is 10.2. The summed E-state index contributed by atoms with van der Waals surface area (Å²) in [4.78, 5) is 13.1. The highest BCUT2D eigenvalue weighted by Gasteiger charge is 2.32. The van der Waals surface area contributed by atoms with Crippen LogP contribution in [0, 0.1) is 0 Å². The quantitative estimate of drug-likeness (QED) is 0.902. The molecule has 0 aliphatic heterocycles. The third kappa shape index (κ3) is 4.92. The summed E-state index contributed by atoms with van der Waals surface area (Å²) in [5.41, 5.74) is 0.508. The summed E-state index contributed by atoms with van der Waals surface area (Å²) >= 11 is 3.00. The number of carbonyl (C=O) groups is 1. The van der Waals surface area contributed by atoms with Crippen molar-refractivity contribution in [3.8, 4) is 5.75 Å².